The molecule has 0 saturated carbocycles. The van der Waals surface area contributed by atoms with E-state index in [1.54, 1.807) is 31.4 Å². The Balaban J connectivity index is 2.87. The van der Waals surface area contributed by atoms with Crippen molar-refractivity contribution in [1.82, 2.24) is 0 Å². The Morgan fingerprint density at radius 3 is 2.70 bits per heavy atom. The zero-order valence-electron chi connectivity index (χ0n) is 10.9. The van der Waals surface area contributed by atoms with Crippen LogP contribution in [0.5, 0.6) is 5.75 Å². The van der Waals surface area contributed by atoms with Crippen molar-refractivity contribution < 1.29 is 17.9 Å². The molecule has 0 fully saturated rings. The molecule has 0 aliphatic heterocycles. The molecule has 0 unspecified atom stereocenters. The Morgan fingerprint density at radius 2 is 2.10 bits per heavy atom. The Labute approximate surface area is 117 Å². The van der Waals surface area contributed by atoms with Gasteiger partial charge in [-0.15, -0.1) is 0 Å². The maximum absolute atomic E-state index is 11.0. The summed E-state index contributed by atoms with van der Waals surface area (Å²) in [6.07, 6.45) is 3.49. The van der Waals surface area contributed by atoms with Crippen LogP contribution in [-0.4, -0.2) is 28.7 Å². The van der Waals surface area contributed by atoms with Crippen molar-refractivity contribution in [2.45, 2.75) is 0 Å². The molecule has 3 N–H and O–H groups in total. The first kappa shape index (κ1) is 16.0. The van der Waals surface area contributed by atoms with Gasteiger partial charge in [-0.05, 0) is 18.2 Å². The van der Waals surface area contributed by atoms with E-state index < -0.39 is 10.2 Å². The molecule has 0 bridgehead atoms. The lowest BCUT2D eigenvalue weighted by Crippen LogP contribution is -2.22. The second-order valence-corrected chi connectivity index (χ2v) is 4.97. The second kappa shape index (κ2) is 7.49. The molecule has 7 nitrogen and oxygen atoms in total. The number of nitrogens with one attached hydrogen (secondary N) is 1. The molecule has 0 spiro atoms. The molecule has 0 aliphatic carbocycles. The Hall–Kier alpha value is -2.08. The molecule has 108 valence electrons. The van der Waals surface area contributed by atoms with Gasteiger partial charge in [-0.25, -0.2) is 5.14 Å². The van der Waals surface area contributed by atoms with Gasteiger partial charge in [0.15, 0.2) is 0 Å². The molecule has 1 aromatic carbocycles. The zero-order valence-corrected chi connectivity index (χ0v) is 11.7. The molecular weight excluding hydrogens is 282 g/mol. The van der Waals surface area contributed by atoms with Crippen LogP contribution >= 0.6 is 0 Å². The highest BCUT2D eigenvalue weighted by molar-refractivity contribution is 7.90. The Bertz CT molecular complexity index is 620. The van der Waals surface area contributed by atoms with Crippen LogP contribution in [-0.2, 0) is 14.9 Å². The van der Waals surface area contributed by atoms with Crippen molar-refractivity contribution >= 4 is 15.9 Å². The van der Waals surface area contributed by atoms with Crippen LogP contribution in [0.4, 0.5) is 5.69 Å². The van der Waals surface area contributed by atoms with Crippen LogP contribution in [0.1, 0.15) is 5.56 Å². The normalized spacial score (nSPS) is 11.2. The van der Waals surface area contributed by atoms with Crippen LogP contribution < -0.4 is 14.6 Å². The van der Waals surface area contributed by atoms with Gasteiger partial charge < -0.3 is 9.47 Å². The van der Waals surface area contributed by atoms with E-state index in [1.165, 1.54) is 6.07 Å². The average Bonchev–Trinajstić information content (AvgIpc) is 2.37. The number of ether oxygens (including phenoxy) is 2. The predicted octanol–water partition coefficient (Wildman–Crippen LogP) is 0.755. The lowest BCUT2D eigenvalue weighted by atomic mass is 10.2. The van der Waals surface area contributed by atoms with Gasteiger partial charge in [0.2, 0.25) is 0 Å². The molecule has 1 rings (SSSR count). The maximum atomic E-state index is 11.0. The minimum absolute atomic E-state index is 0.0710. The first-order valence-corrected chi connectivity index (χ1v) is 7.13. The first-order chi connectivity index (χ1) is 9.48. The highest BCUT2D eigenvalue weighted by Gasteiger charge is 2.12. The van der Waals surface area contributed by atoms with Crippen molar-refractivity contribution in [3.8, 4) is 11.8 Å². The van der Waals surface area contributed by atoms with Crippen molar-refractivity contribution in [3.05, 3.63) is 35.9 Å². The summed E-state index contributed by atoms with van der Waals surface area (Å²) >= 11 is 0. The standard InChI is InChI=1S/C12H15N3O4S/c1-18-7-2-3-8-19-12-6-4-5-11(10(12)9-13)15-20(14,16)17/h2-6,15H,7-8H2,1H3,(H2,14,16,17)/b3-2+. The van der Waals surface area contributed by atoms with E-state index in [9.17, 15) is 8.42 Å². The molecule has 1 aromatic rings. The smallest absolute Gasteiger partial charge is 0.296 e. The number of hydrogen-bond acceptors (Lipinski definition) is 5. The number of methoxy groups -OCH3 is 1. The van der Waals surface area contributed by atoms with Crippen molar-refractivity contribution in [3.63, 3.8) is 0 Å². The molecule has 0 aromatic heterocycles. The molecule has 0 aliphatic rings. The SMILES string of the molecule is COC/C=C/COc1cccc(NS(N)(=O)=O)c1C#N. The van der Waals surface area contributed by atoms with E-state index in [-0.39, 0.29) is 23.6 Å². The molecule has 0 radical (unpaired) electrons. The summed E-state index contributed by atoms with van der Waals surface area (Å²) in [5.74, 6) is 0.267. The first-order valence-electron chi connectivity index (χ1n) is 5.58. The monoisotopic (exact) mass is 297 g/mol. The summed E-state index contributed by atoms with van der Waals surface area (Å²) < 4.78 is 34.3. The van der Waals surface area contributed by atoms with Crippen LogP contribution in [0, 0.1) is 11.3 Å². The number of anilines is 1. The minimum Gasteiger partial charge on any atom is -0.488 e. The Morgan fingerprint density at radius 1 is 1.40 bits per heavy atom. The average molecular weight is 297 g/mol. The molecule has 0 atom stereocenters. The van der Waals surface area contributed by atoms with Gasteiger partial charge >= 0.3 is 0 Å². The quantitative estimate of drug-likeness (QED) is 0.721. The number of nitriles is 1. The van der Waals surface area contributed by atoms with Gasteiger partial charge in [-0.1, -0.05) is 12.1 Å². The van der Waals surface area contributed by atoms with Crippen molar-refractivity contribution in [2.24, 2.45) is 5.14 Å². The fraction of sp³-hybridized carbons (Fsp3) is 0.250. The number of rotatable bonds is 7. The third-order valence-corrected chi connectivity index (χ3v) is 2.66. The van der Waals surface area contributed by atoms with Gasteiger partial charge in [0.05, 0.1) is 12.3 Å². The fourth-order valence-corrected chi connectivity index (χ4v) is 1.85. The van der Waals surface area contributed by atoms with Crippen LogP contribution in [0.2, 0.25) is 0 Å². The summed E-state index contributed by atoms with van der Waals surface area (Å²) in [5, 5.41) is 14.0. The minimum atomic E-state index is -3.95. The lowest BCUT2D eigenvalue weighted by Gasteiger charge is -2.10. The van der Waals surface area contributed by atoms with Gasteiger partial charge in [0.25, 0.3) is 10.2 Å². The third-order valence-electron chi connectivity index (χ3n) is 2.15. The number of benzene rings is 1. The molecular formula is C12H15N3O4S. The van der Waals surface area contributed by atoms with Gasteiger partial charge in [0, 0.05) is 7.11 Å². The third kappa shape index (κ3) is 5.27. The van der Waals surface area contributed by atoms with E-state index in [1.807, 2.05) is 6.07 Å². The van der Waals surface area contributed by atoms with E-state index in [0.717, 1.165) is 0 Å². The molecule has 20 heavy (non-hydrogen) atoms. The number of hydrogen-bond donors (Lipinski definition) is 2. The summed E-state index contributed by atoms with van der Waals surface area (Å²) in [5.41, 5.74) is 0.148. The van der Waals surface area contributed by atoms with Crippen LogP contribution in [0.3, 0.4) is 0 Å². The lowest BCUT2D eigenvalue weighted by molar-refractivity contribution is 0.233. The van der Waals surface area contributed by atoms with Gasteiger partial charge in [-0.2, -0.15) is 13.7 Å². The van der Waals surface area contributed by atoms with Crippen LogP contribution in [0.15, 0.2) is 30.4 Å². The summed E-state index contributed by atoms with van der Waals surface area (Å²) in [4.78, 5) is 0. The predicted molar refractivity (Wildman–Crippen MR) is 74.4 cm³/mol. The fourth-order valence-electron chi connectivity index (χ4n) is 1.38. The molecule has 0 heterocycles. The molecule has 0 amide bonds. The number of nitrogens with zero attached hydrogens (tertiary/aromatic N) is 1. The molecule has 0 saturated heterocycles. The van der Waals surface area contributed by atoms with Gasteiger partial charge in [0.1, 0.15) is 24.0 Å². The van der Waals surface area contributed by atoms with E-state index in [4.69, 9.17) is 19.9 Å². The highest BCUT2D eigenvalue weighted by atomic mass is 32.2. The Kier molecular flexibility index (Phi) is 5.99. The summed E-state index contributed by atoms with van der Waals surface area (Å²) in [6.45, 7) is 0.693. The topological polar surface area (TPSA) is 114 Å². The number of nitrogens with two attached hydrogens (primary N) is 1. The summed E-state index contributed by atoms with van der Waals surface area (Å²) in [6, 6.07) is 6.43. The zero-order chi connectivity index (χ0) is 15.0. The van der Waals surface area contributed by atoms with E-state index in [2.05, 4.69) is 4.72 Å². The van der Waals surface area contributed by atoms with Crippen molar-refractivity contribution in [2.75, 3.05) is 25.0 Å². The van der Waals surface area contributed by atoms with Gasteiger partial charge in [-0.3, -0.25) is 4.72 Å². The highest BCUT2D eigenvalue weighted by Crippen LogP contribution is 2.26. The van der Waals surface area contributed by atoms with E-state index >= 15 is 0 Å². The van der Waals surface area contributed by atoms with Crippen molar-refractivity contribution in [1.29, 1.82) is 5.26 Å². The maximum Gasteiger partial charge on any atom is 0.296 e. The summed E-state index contributed by atoms with van der Waals surface area (Å²) in [7, 11) is -2.38. The largest absolute Gasteiger partial charge is 0.488 e. The van der Waals surface area contributed by atoms with Crippen LogP contribution in [0.25, 0.3) is 0 Å². The van der Waals surface area contributed by atoms with E-state index in [0.29, 0.717) is 6.61 Å². The second-order valence-electron chi connectivity index (χ2n) is 3.68. The molecule has 8 heteroatoms.